The fourth-order valence-electron chi connectivity index (χ4n) is 4.92. The zero-order valence-electron chi connectivity index (χ0n) is 27.1. The van der Waals surface area contributed by atoms with Crippen molar-refractivity contribution < 1.29 is 24.7 Å². The van der Waals surface area contributed by atoms with Gasteiger partial charge in [-0.05, 0) is 59.9 Å². The number of aromatic nitrogens is 2. The summed E-state index contributed by atoms with van der Waals surface area (Å²) in [5.74, 6) is -0.00653. The van der Waals surface area contributed by atoms with Gasteiger partial charge in [-0.25, -0.2) is 9.46 Å². The summed E-state index contributed by atoms with van der Waals surface area (Å²) < 4.78 is 29.4. The maximum atomic E-state index is 12.7. The molecule has 238 valence electrons. The Kier molecular flexibility index (Phi) is 15.1. The van der Waals surface area contributed by atoms with Gasteiger partial charge in [-0.1, -0.05) is 26.2 Å². The summed E-state index contributed by atoms with van der Waals surface area (Å²) in [5.41, 5.74) is -1.12. The van der Waals surface area contributed by atoms with Crippen LogP contribution in [0, 0.1) is 0 Å². The third kappa shape index (κ3) is 11.5. The third-order valence-corrected chi connectivity index (χ3v) is 9.05. The summed E-state index contributed by atoms with van der Waals surface area (Å²) in [6, 6.07) is 0.343. The Balaban J connectivity index is 1.95. The van der Waals surface area contributed by atoms with E-state index in [4.69, 9.17) is 15.2 Å². The summed E-state index contributed by atoms with van der Waals surface area (Å²) in [7, 11) is 0.169. The lowest BCUT2D eigenvalue weighted by Gasteiger charge is -2.36. The molecule has 1 amide bonds. The van der Waals surface area contributed by atoms with E-state index in [0.29, 0.717) is 31.6 Å². The summed E-state index contributed by atoms with van der Waals surface area (Å²) in [5, 5.41) is 2.81. The number of H-pyrrole nitrogens is 1. The molecule has 0 spiro atoms. The van der Waals surface area contributed by atoms with Crippen molar-refractivity contribution in [2.45, 2.75) is 130 Å². The van der Waals surface area contributed by atoms with Gasteiger partial charge < -0.3 is 19.1 Å². The monoisotopic (exact) mass is 611 g/mol. The van der Waals surface area contributed by atoms with E-state index in [2.05, 4.69) is 42.7 Å². The zero-order valence-corrected chi connectivity index (χ0v) is 27.0. The average molecular weight is 612 g/mol. The first kappa shape index (κ1) is 34.3. The van der Waals surface area contributed by atoms with Crippen molar-refractivity contribution in [2.75, 3.05) is 13.7 Å². The average Bonchev–Trinajstić information content (AvgIpc) is 3.35. The number of amides is 1. The molecule has 2 heterocycles. The SMILES string of the molecule is [2H]C[C@H]1O[C@@H](n2cc(/C=C/C(=O)NCCCCCCCC(=O)CCC)c(=O)[nH]c2=O)CC1OP(OC)N(C(C)C)C(C)C. The number of hydrogen-bond donors (Lipinski definition) is 2. The summed E-state index contributed by atoms with van der Waals surface area (Å²) in [4.78, 5) is 51.4. The topological polar surface area (TPSA) is 132 Å². The molecule has 1 aromatic heterocycles. The molecule has 2 unspecified atom stereocenters. The Labute approximate surface area is 252 Å². The molecule has 2 N–H and O–H groups in total. The van der Waals surface area contributed by atoms with E-state index >= 15 is 0 Å². The molecular formula is C30H51N4O7P. The summed E-state index contributed by atoms with van der Waals surface area (Å²) >= 11 is 0. The Morgan fingerprint density at radius 2 is 1.88 bits per heavy atom. The lowest BCUT2D eigenvalue weighted by atomic mass is 10.1. The van der Waals surface area contributed by atoms with Crippen LogP contribution >= 0.6 is 8.53 Å². The lowest BCUT2D eigenvalue weighted by Crippen LogP contribution is -2.35. The number of hydrogen-bond acceptors (Lipinski definition) is 8. The standard InChI is InChI=1S/C30H51N4O7P/c1-8-14-25(35)15-12-10-9-11-13-18-31-27(36)17-16-24-20-33(30(38)32-29(24)37)28-19-26(23(6)40-28)41-42(39-7)34(21(2)3)22(4)5/h16-17,20-23,26,28H,8-15,18-19H2,1-7H3,(H,31,36)(H,32,37,38)/b17-16+/t23-,26?,28-,42?/m1/s1/i6D. The van der Waals surface area contributed by atoms with Crippen LogP contribution in [0.4, 0.5) is 0 Å². The number of rotatable bonds is 19. The highest BCUT2D eigenvalue weighted by molar-refractivity contribution is 7.44. The van der Waals surface area contributed by atoms with Crippen LogP contribution in [0.25, 0.3) is 6.08 Å². The van der Waals surface area contributed by atoms with Crippen LogP contribution in [0.1, 0.15) is 112 Å². The van der Waals surface area contributed by atoms with E-state index in [1.54, 1.807) is 7.11 Å². The predicted molar refractivity (Wildman–Crippen MR) is 166 cm³/mol. The molecule has 0 radical (unpaired) electrons. The van der Waals surface area contributed by atoms with Gasteiger partial charge in [-0.3, -0.25) is 23.9 Å². The highest BCUT2D eigenvalue weighted by Crippen LogP contribution is 2.49. The first-order chi connectivity index (χ1) is 20.5. The van der Waals surface area contributed by atoms with Crippen molar-refractivity contribution in [3.8, 4) is 0 Å². The Morgan fingerprint density at radius 1 is 1.19 bits per heavy atom. The zero-order chi connectivity index (χ0) is 31.9. The van der Waals surface area contributed by atoms with Crippen molar-refractivity contribution in [1.29, 1.82) is 0 Å². The van der Waals surface area contributed by atoms with Gasteiger partial charge in [0.25, 0.3) is 14.1 Å². The maximum Gasteiger partial charge on any atom is 0.330 e. The molecular weight excluding hydrogens is 559 g/mol. The van der Waals surface area contributed by atoms with E-state index in [1.165, 1.54) is 22.9 Å². The van der Waals surface area contributed by atoms with Gasteiger partial charge in [0.15, 0.2) is 0 Å². The Morgan fingerprint density at radius 3 is 2.52 bits per heavy atom. The van der Waals surface area contributed by atoms with Crippen molar-refractivity contribution in [2.24, 2.45) is 0 Å². The maximum absolute atomic E-state index is 12.7. The Bertz CT molecular complexity index is 1150. The molecule has 0 saturated carbocycles. The second-order valence-electron chi connectivity index (χ2n) is 11.2. The van der Waals surface area contributed by atoms with Gasteiger partial charge in [0, 0.05) is 58.6 Å². The van der Waals surface area contributed by atoms with Crippen LogP contribution in [0.3, 0.4) is 0 Å². The second kappa shape index (κ2) is 18.5. The van der Waals surface area contributed by atoms with Gasteiger partial charge >= 0.3 is 5.69 Å². The van der Waals surface area contributed by atoms with Crippen molar-refractivity contribution in [1.82, 2.24) is 19.5 Å². The number of aromatic amines is 1. The summed E-state index contributed by atoms with van der Waals surface area (Å²) in [6.07, 6.45) is 9.41. The number of ketones is 1. The predicted octanol–water partition coefficient (Wildman–Crippen LogP) is 5.06. The number of carbonyl (C=O) groups is 2. The molecule has 1 aliphatic rings. The van der Waals surface area contributed by atoms with E-state index in [1.807, 2.05) is 6.92 Å². The van der Waals surface area contributed by atoms with E-state index in [-0.39, 0.29) is 30.5 Å². The first-order valence-corrected chi connectivity index (χ1v) is 16.2. The molecule has 12 heteroatoms. The molecule has 1 fully saturated rings. The van der Waals surface area contributed by atoms with Crippen molar-refractivity contribution >= 4 is 26.3 Å². The van der Waals surface area contributed by atoms with E-state index in [0.717, 1.165) is 38.5 Å². The molecule has 4 atom stereocenters. The molecule has 2 rings (SSSR count). The highest BCUT2D eigenvalue weighted by atomic mass is 31.2. The second-order valence-corrected chi connectivity index (χ2v) is 12.7. The van der Waals surface area contributed by atoms with Crippen LogP contribution < -0.4 is 16.6 Å². The summed E-state index contributed by atoms with van der Waals surface area (Å²) in [6.45, 7) is 10.7. The van der Waals surface area contributed by atoms with Gasteiger partial charge in [-0.2, -0.15) is 0 Å². The van der Waals surface area contributed by atoms with Crippen LogP contribution in [0.15, 0.2) is 21.9 Å². The van der Waals surface area contributed by atoms with Gasteiger partial charge in [0.2, 0.25) is 5.91 Å². The van der Waals surface area contributed by atoms with E-state index in [9.17, 15) is 19.2 Å². The van der Waals surface area contributed by atoms with Crippen LogP contribution in [-0.4, -0.2) is 63.9 Å². The fraction of sp³-hybridized carbons (Fsp3) is 0.733. The van der Waals surface area contributed by atoms with Gasteiger partial charge in [0.1, 0.15) is 12.0 Å². The molecule has 0 bridgehead atoms. The van der Waals surface area contributed by atoms with Crippen molar-refractivity contribution in [3.63, 3.8) is 0 Å². The lowest BCUT2D eigenvalue weighted by molar-refractivity contribution is -0.119. The van der Waals surface area contributed by atoms with Crippen LogP contribution in [0.2, 0.25) is 0 Å². The molecule has 1 aromatic rings. The fourth-order valence-corrected chi connectivity index (χ4v) is 6.51. The highest BCUT2D eigenvalue weighted by Gasteiger charge is 2.39. The largest absolute Gasteiger partial charge is 0.353 e. The van der Waals surface area contributed by atoms with Crippen molar-refractivity contribution in [3.05, 3.63) is 38.7 Å². The number of Topliss-reactive ketones (excluding diaryl/α,β-unsaturated/α-hetero) is 1. The molecule has 42 heavy (non-hydrogen) atoms. The van der Waals surface area contributed by atoms with Crippen LogP contribution in [-0.2, 0) is 23.4 Å². The number of nitrogens with zero attached hydrogens (tertiary/aromatic N) is 2. The third-order valence-electron chi connectivity index (χ3n) is 6.99. The molecule has 11 nitrogen and oxygen atoms in total. The minimum Gasteiger partial charge on any atom is -0.353 e. The Hall–Kier alpha value is -2.17. The number of ether oxygens (including phenoxy) is 1. The molecule has 0 aliphatic carbocycles. The van der Waals surface area contributed by atoms with E-state index < -0.39 is 38.2 Å². The number of carbonyl (C=O) groups excluding carboxylic acids is 2. The smallest absolute Gasteiger partial charge is 0.330 e. The number of unbranched alkanes of at least 4 members (excludes halogenated alkanes) is 4. The molecule has 1 saturated heterocycles. The van der Waals surface area contributed by atoms with Crippen LogP contribution in [0.5, 0.6) is 0 Å². The first-order valence-electron chi connectivity index (χ1n) is 15.8. The van der Waals surface area contributed by atoms with Gasteiger partial charge in [0.05, 0.1) is 17.8 Å². The quantitative estimate of drug-likeness (QED) is 0.126. The molecule has 1 aliphatic heterocycles. The normalized spacial score (nSPS) is 20.1. The van der Waals surface area contributed by atoms with Gasteiger partial charge in [-0.15, -0.1) is 0 Å². The molecule has 0 aromatic carbocycles. The number of nitrogens with one attached hydrogen (secondary N) is 2. The minimum absolute atomic E-state index is 0.0684. The minimum atomic E-state index is -1.42.